The first kappa shape index (κ1) is 17.6. The summed E-state index contributed by atoms with van der Waals surface area (Å²) in [6.07, 6.45) is 7.13. The fraction of sp³-hybridized carbons (Fsp3) is 0.706. The number of carbonyl (C=O) groups excluding carboxylic acids is 2. The summed E-state index contributed by atoms with van der Waals surface area (Å²) in [6.45, 7) is 5.11. The molecule has 0 aromatic carbocycles. The van der Waals surface area contributed by atoms with E-state index in [-0.39, 0.29) is 17.5 Å². The van der Waals surface area contributed by atoms with Crippen LogP contribution in [0.1, 0.15) is 74.8 Å². The third kappa shape index (κ3) is 3.79. The predicted octanol–water partition coefficient (Wildman–Crippen LogP) is 3.59. The lowest BCUT2D eigenvalue weighted by Crippen LogP contribution is -2.48. The van der Waals surface area contributed by atoms with E-state index in [1.165, 1.54) is 11.8 Å². The fourth-order valence-corrected chi connectivity index (χ4v) is 3.63. The Kier molecular flexibility index (Phi) is 5.91. The molecule has 0 aliphatic heterocycles. The normalized spacial score (nSPS) is 21.2. The van der Waals surface area contributed by atoms with Gasteiger partial charge in [0.15, 0.2) is 0 Å². The van der Waals surface area contributed by atoms with Gasteiger partial charge in [-0.3, -0.25) is 19.6 Å². The van der Waals surface area contributed by atoms with Gasteiger partial charge in [-0.2, -0.15) is 4.39 Å². The third-order valence-electron chi connectivity index (χ3n) is 4.80. The smallest absolute Gasteiger partial charge is 0.267 e. The van der Waals surface area contributed by atoms with Gasteiger partial charge in [-0.15, -0.1) is 5.10 Å². The molecule has 128 valence electrons. The van der Waals surface area contributed by atoms with Crippen LogP contribution in [0.25, 0.3) is 0 Å². The van der Waals surface area contributed by atoms with Crippen LogP contribution in [0.5, 0.6) is 0 Å². The van der Waals surface area contributed by atoms with Gasteiger partial charge in [0.25, 0.3) is 5.91 Å². The Hall–Kier alpha value is -1.72. The molecule has 0 saturated heterocycles. The van der Waals surface area contributed by atoms with Crippen LogP contribution < -0.4 is 0 Å². The van der Waals surface area contributed by atoms with Crippen molar-refractivity contribution in [2.75, 3.05) is 0 Å². The van der Waals surface area contributed by atoms with Crippen LogP contribution in [0.3, 0.4) is 0 Å². The predicted molar refractivity (Wildman–Crippen MR) is 85.4 cm³/mol. The van der Waals surface area contributed by atoms with E-state index in [0.717, 1.165) is 44.9 Å². The number of unbranched alkanes of at least 4 members (excludes halogenated alkanes) is 1. The number of aromatic nitrogens is 2. The number of aryl methyl sites for hydroxylation is 1. The Labute approximate surface area is 136 Å². The van der Waals surface area contributed by atoms with Crippen molar-refractivity contribution in [3.8, 4) is 0 Å². The van der Waals surface area contributed by atoms with Gasteiger partial charge in [0.1, 0.15) is 5.56 Å². The number of hydrogen-bond acceptors (Lipinski definition) is 3. The van der Waals surface area contributed by atoms with Crippen LogP contribution in [-0.2, 0) is 4.79 Å². The molecular formula is C17H26FN3O2. The molecule has 0 radical (unpaired) electrons. The molecule has 2 amide bonds. The van der Waals surface area contributed by atoms with Crippen molar-refractivity contribution in [1.29, 1.82) is 0 Å². The second-order valence-corrected chi connectivity index (χ2v) is 6.46. The maximum Gasteiger partial charge on any atom is 0.267 e. The van der Waals surface area contributed by atoms with Crippen LogP contribution in [-0.4, -0.2) is 33.0 Å². The van der Waals surface area contributed by atoms with E-state index < -0.39 is 11.9 Å². The van der Waals surface area contributed by atoms with Crippen molar-refractivity contribution in [2.24, 2.45) is 5.92 Å². The van der Waals surface area contributed by atoms with Gasteiger partial charge in [-0.05, 0) is 32.1 Å². The number of aromatic amines is 1. The number of H-pyrrole nitrogens is 1. The van der Waals surface area contributed by atoms with Gasteiger partial charge < -0.3 is 0 Å². The van der Waals surface area contributed by atoms with Gasteiger partial charge in [0, 0.05) is 18.7 Å². The SMILES string of the molecule is CCCCC1CCCCC1N(C(C)=O)C(=O)c1c(F)n[nH]c1C. The number of carbonyl (C=O) groups is 2. The number of hydrogen-bond donors (Lipinski definition) is 1. The van der Waals surface area contributed by atoms with E-state index in [1.54, 1.807) is 6.92 Å². The summed E-state index contributed by atoms with van der Waals surface area (Å²) >= 11 is 0. The van der Waals surface area contributed by atoms with Gasteiger partial charge in [0.05, 0.1) is 0 Å². The lowest BCUT2D eigenvalue weighted by molar-refractivity contribution is -0.129. The lowest BCUT2D eigenvalue weighted by atomic mass is 9.80. The van der Waals surface area contributed by atoms with E-state index in [0.29, 0.717) is 11.6 Å². The third-order valence-corrected chi connectivity index (χ3v) is 4.80. The Balaban J connectivity index is 2.29. The van der Waals surface area contributed by atoms with E-state index >= 15 is 0 Å². The van der Waals surface area contributed by atoms with Crippen molar-refractivity contribution in [1.82, 2.24) is 15.1 Å². The lowest BCUT2D eigenvalue weighted by Gasteiger charge is -2.38. The van der Waals surface area contributed by atoms with Crippen LogP contribution in [0, 0.1) is 18.8 Å². The number of nitrogens with one attached hydrogen (secondary N) is 1. The second-order valence-electron chi connectivity index (χ2n) is 6.46. The largest absolute Gasteiger partial charge is 0.279 e. The molecular weight excluding hydrogens is 297 g/mol. The summed E-state index contributed by atoms with van der Waals surface area (Å²) in [5, 5.41) is 5.92. The van der Waals surface area contributed by atoms with Crippen molar-refractivity contribution >= 4 is 11.8 Å². The highest BCUT2D eigenvalue weighted by Crippen LogP contribution is 2.33. The van der Waals surface area contributed by atoms with E-state index in [9.17, 15) is 14.0 Å². The van der Waals surface area contributed by atoms with Crippen LogP contribution >= 0.6 is 0 Å². The zero-order valence-corrected chi connectivity index (χ0v) is 14.2. The van der Waals surface area contributed by atoms with Gasteiger partial charge >= 0.3 is 0 Å². The zero-order chi connectivity index (χ0) is 17.0. The summed E-state index contributed by atoms with van der Waals surface area (Å²) in [5.41, 5.74) is 0.250. The molecule has 1 N–H and O–H groups in total. The monoisotopic (exact) mass is 323 g/mol. The number of imide groups is 1. The molecule has 1 fully saturated rings. The van der Waals surface area contributed by atoms with Crippen LogP contribution in [0.15, 0.2) is 0 Å². The molecule has 2 unspecified atom stereocenters. The van der Waals surface area contributed by atoms with Gasteiger partial charge in [0.2, 0.25) is 11.9 Å². The van der Waals surface area contributed by atoms with Crippen molar-refractivity contribution < 1.29 is 14.0 Å². The minimum Gasteiger partial charge on any atom is -0.279 e. The zero-order valence-electron chi connectivity index (χ0n) is 14.2. The minimum absolute atomic E-state index is 0.111. The Morgan fingerprint density at radius 2 is 2.04 bits per heavy atom. The van der Waals surface area contributed by atoms with Gasteiger partial charge in [-0.1, -0.05) is 32.6 Å². The minimum atomic E-state index is -0.834. The summed E-state index contributed by atoms with van der Waals surface area (Å²) in [4.78, 5) is 26.3. The van der Waals surface area contributed by atoms with Crippen molar-refractivity contribution in [3.63, 3.8) is 0 Å². The fourth-order valence-electron chi connectivity index (χ4n) is 3.63. The summed E-state index contributed by atoms with van der Waals surface area (Å²) < 4.78 is 13.9. The Morgan fingerprint density at radius 1 is 1.35 bits per heavy atom. The highest BCUT2D eigenvalue weighted by molar-refractivity contribution is 6.05. The molecule has 2 atom stereocenters. The first-order chi connectivity index (χ1) is 11.0. The highest BCUT2D eigenvalue weighted by atomic mass is 19.1. The first-order valence-electron chi connectivity index (χ1n) is 8.52. The number of nitrogens with zero attached hydrogens (tertiary/aromatic N) is 2. The first-order valence-corrected chi connectivity index (χ1v) is 8.52. The van der Waals surface area contributed by atoms with Crippen molar-refractivity contribution in [2.45, 2.75) is 71.8 Å². The van der Waals surface area contributed by atoms with Crippen LogP contribution in [0.4, 0.5) is 4.39 Å². The summed E-state index contributed by atoms with van der Waals surface area (Å²) in [7, 11) is 0. The maximum absolute atomic E-state index is 13.9. The van der Waals surface area contributed by atoms with Crippen molar-refractivity contribution in [3.05, 3.63) is 17.2 Å². The summed E-state index contributed by atoms with van der Waals surface area (Å²) in [6, 6.07) is -0.131. The molecule has 1 aliphatic rings. The molecule has 6 heteroatoms. The molecule has 1 aromatic heterocycles. The summed E-state index contributed by atoms with van der Waals surface area (Å²) in [5.74, 6) is -1.40. The standard InChI is InChI=1S/C17H26FN3O2/c1-4-5-8-13-9-6-7-10-14(13)21(12(3)22)17(23)15-11(2)19-20-16(15)18/h13-14H,4-10H2,1-3H3,(H,19,20). The molecule has 5 nitrogen and oxygen atoms in total. The highest BCUT2D eigenvalue weighted by Gasteiger charge is 2.37. The molecule has 1 aliphatic carbocycles. The molecule has 2 rings (SSSR count). The van der Waals surface area contributed by atoms with E-state index in [4.69, 9.17) is 0 Å². The quantitative estimate of drug-likeness (QED) is 0.900. The average Bonchev–Trinajstić information content (AvgIpc) is 2.85. The molecule has 1 heterocycles. The molecule has 0 bridgehead atoms. The Morgan fingerprint density at radius 3 is 2.61 bits per heavy atom. The second kappa shape index (κ2) is 7.70. The van der Waals surface area contributed by atoms with Crippen LogP contribution in [0.2, 0.25) is 0 Å². The molecule has 1 saturated carbocycles. The molecule has 0 spiro atoms. The average molecular weight is 323 g/mol. The van der Waals surface area contributed by atoms with E-state index in [1.807, 2.05) is 0 Å². The number of amides is 2. The number of halogens is 1. The Bertz CT molecular complexity index is 551. The van der Waals surface area contributed by atoms with Gasteiger partial charge in [-0.25, -0.2) is 0 Å². The van der Waals surface area contributed by atoms with E-state index in [2.05, 4.69) is 17.1 Å². The maximum atomic E-state index is 13.9. The molecule has 1 aromatic rings. The number of rotatable bonds is 5. The molecule has 23 heavy (non-hydrogen) atoms. The topological polar surface area (TPSA) is 66.1 Å².